The number of hydrogen-bond donors (Lipinski definition) is 2. The van der Waals surface area contributed by atoms with Gasteiger partial charge < -0.3 is 20.3 Å². The molecule has 0 radical (unpaired) electrons. The van der Waals surface area contributed by atoms with Crippen molar-refractivity contribution in [1.82, 2.24) is 15.5 Å². The highest BCUT2D eigenvalue weighted by molar-refractivity contribution is 5.83. The second-order valence-electron chi connectivity index (χ2n) is 4.14. The molecule has 0 aliphatic rings. The molecule has 0 bridgehead atoms. The van der Waals surface area contributed by atoms with Crippen molar-refractivity contribution in [2.45, 2.75) is 19.4 Å². The van der Waals surface area contributed by atoms with E-state index in [1.54, 1.807) is 0 Å². The Morgan fingerprint density at radius 3 is 2.47 bits per heavy atom. The van der Waals surface area contributed by atoms with Gasteiger partial charge in [-0.2, -0.15) is 0 Å². The largest absolute Gasteiger partial charge is 0.467 e. The van der Waals surface area contributed by atoms with Crippen LogP contribution in [0.25, 0.3) is 0 Å². The van der Waals surface area contributed by atoms with Gasteiger partial charge in [0.15, 0.2) is 0 Å². The van der Waals surface area contributed by atoms with Gasteiger partial charge >= 0.3 is 5.97 Å². The monoisotopic (exact) mass is 245 g/mol. The summed E-state index contributed by atoms with van der Waals surface area (Å²) < 4.78 is 4.61. The molecule has 0 rings (SSSR count). The molecular formula is C11H23N3O3. The van der Waals surface area contributed by atoms with E-state index in [9.17, 15) is 9.59 Å². The number of nitrogens with zero attached hydrogens (tertiary/aromatic N) is 1. The first-order chi connectivity index (χ1) is 7.97. The molecule has 0 heterocycles. The van der Waals surface area contributed by atoms with Crippen LogP contribution in [-0.4, -0.2) is 63.7 Å². The fourth-order valence-electron chi connectivity index (χ4n) is 1.35. The summed E-state index contributed by atoms with van der Waals surface area (Å²) in [5, 5.41) is 5.66. The summed E-state index contributed by atoms with van der Waals surface area (Å²) in [7, 11) is 5.33. The lowest BCUT2D eigenvalue weighted by Gasteiger charge is -2.16. The van der Waals surface area contributed by atoms with E-state index in [0.29, 0.717) is 6.54 Å². The van der Waals surface area contributed by atoms with Crippen molar-refractivity contribution in [3.05, 3.63) is 0 Å². The smallest absolute Gasteiger partial charge is 0.329 e. The minimum atomic E-state index is -0.614. The maximum Gasteiger partial charge on any atom is 0.329 e. The quantitative estimate of drug-likeness (QED) is 0.433. The molecule has 0 aromatic heterocycles. The highest BCUT2D eigenvalue weighted by Crippen LogP contribution is 1.88. The normalized spacial score (nSPS) is 12.3. The Balaban J connectivity index is 3.84. The molecule has 0 aliphatic carbocycles. The number of carbonyl (C=O) groups excluding carboxylic acids is 2. The molecule has 0 fully saturated rings. The number of amides is 1. The third-order valence-corrected chi connectivity index (χ3v) is 2.17. The molecule has 17 heavy (non-hydrogen) atoms. The van der Waals surface area contributed by atoms with E-state index in [1.807, 2.05) is 14.1 Å². The van der Waals surface area contributed by atoms with Crippen LogP contribution in [0.3, 0.4) is 0 Å². The lowest BCUT2D eigenvalue weighted by atomic mass is 10.3. The Labute approximate surface area is 103 Å². The molecule has 0 spiro atoms. The number of methoxy groups -OCH3 is 1. The summed E-state index contributed by atoms with van der Waals surface area (Å²) in [4.78, 5) is 24.3. The minimum Gasteiger partial charge on any atom is -0.467 e. The number of esters is 1. The Bertz CT molecular complexity index is 244. The first kappa shape index (κ1) is 15.9. The lowest BCUT2D eigenvalue weighted by molar-refractivity contribution is -0.144. The third kappa shape index (κ3) is 8.65. The molecule has 1 unspecified atom stereocenters. The van der Waals surface area contributed by atoms with E-state index < -0.39 is 12.0 Å². The minimum absolute atomic E-state index is 0.240. The summed E-state index contributed by atoms with van der Waals surface area (Å²) in [5.41, 5.74) is 0. The van der Waals surface area contributed by atoms with E-state index in [4.69, 9.17) is 0 Å². The molecule has 1 atom stereocenters. The van der Waals surface area contributed by atoms with E-state index in [1.165, 1.54) is 14.0 Å². The highest BCUT2D eigenvalue weighted by atomic mass is 16.5. The molecular weight excluding hydrogens is 222 g/mol. The van der Waals surface area contributed by atoms with Crippen molar-refractivity contribution >= 4 is 11.9 Å². The van der Waals surface area contributed by atoms with Gasteiger partial charge in [-0.3, -0.25) is 4.79 Å². The molecule has 0 aromatic carbocycles. The molecule has 0 aliphatic heterocycles. The zero-order valence-electron chi connectivity index (χ0n) is 11.1. The summed E-state index contributed by atoms with van der Waals surface area (Å²) >= 11 is 0. The predicted molar refractivity (Wildman–Crippen MR) is 65.7 cm³/mol. The fraction of sp³-hybridized carbons (Fsp3) is 0.818. The second-order valence-corrected chi connectivity index (χ2v) is 4.14. The first-order valence-electron chi connectivity index (χ1n) is 5.67. The SMILES string of the molecule is COC(=O)C(CNCCCN(C)C)NC(C)=O. The first-order valence-corrected chi connectivity index (χ1v) is 5.67. The maximum absolute atomic E-state index is 11.3. The van der Waals surface area contributed by atoms with Crippen molar-refractivity contribution in [3.63, 3.8) is 0 Å². The number of nitrogens with one attached hydrogen (secondary N) is 2. The molecule has 0 saturated carbocycles. The number of carbonyl (C=O) groups is 2. The van der Waals surface area contributed by atoms with Crippen LogP contribution in [0, 0.1) is 0 Å². The van der Waals surface area contributed by atoms with Crippen LogP contribution in [0.15, 0.2) is 0 Å². The van der Waals surface area contributed by atoms with Gasteiger partial charge in [0.1, 0.15) is 6.04 Å². The van der Waals surface area contributed by atoms with Gasteiger partial charge in [-0.1, -0.05) is 0 Å². The van der Waals surface area contributed by atoms with Crippen molar-refractivity contribution in [2.75, 3.05) is 40.8 Å². The van der Waals surface area contributed by atoms with Gasteiger partial charge in [0.2, 0.25) is 5.91 Å². The Kier molecular flexibility index (Phi) is 8.35. The van der Waals surface area contributed by atoms with Crippen molar-refractivity contribution in [2.24, 2.45) is 0 Å². The van der Waals surface area contributed by atoms with Crippen molar-refractivity contribution in [1.29, 1.82) is 0 Å². The van der Waals surface area contributed by atoms with Crippen LogP contribution < -0.4 is 10.6 Å². The van der Waals surface area contributed by atoms with Crippen LogP contribution in [0.5, 0.6) is 0 Å². The van der Waals surface area contributed by atoms with E-state index in [0.717, 1.165) is 19.5 Å². The van der Waals surface area contributed by atoms with Crippen LogP contribution in [-0.2, 0) is 14.3 Å². The fourth-order valence-corrected chi connectivity index (χ4v) is 1.35. The van der Waals surface area contributed by atoms with Crippen LogP contribution in [0.2, 0.25) is 0 Å². The molecule has 6 heteroatoms. The van der Waals surface area contributed by atoms with Gasteiger partial charge in [-0.05, 0) is 33.6 Å². The van der Waals surface area contributed by atoms with Gasteiger partial charge in [0.25, 0.3) is 0 Å². The van der Waals surface area contributed by atoms with E-state index >= 15 is 0 Å². The number of hydrogen-bond acceptors (Lipinski definition) is 5. The average Bonchev–Trinajstić information content (AvgIpc) is 2.25. The Morgan fingerprint density at radius 2 is 2.00 bits per heavy atom. The van der Waals surface area contributed by atoms with Crippen LogP contribution in [0.1, 0.15) is 13.3 Å². The van der Waals surface area contributed by atoms with Gasteiger partial charge in [0.05, 0.1) is 7.11 Å². The molecule has 0 aromatic rings. The predicted octanol–water partition coefficient (Wildman–Crippen LogP) is -0.795. The van der Waals surface area contributed by atoms with Gasteiger partial charge in [0, 0.05) is 13.5 Å². The molecule has 100 valence electrons. The van der Waals surface area contributed by atoms with Crippen LogP contribution >= 0.6 is 0 Å². The van der Waals surface area contributed by atoms with Crippen molar-refractivity contribution in [3.8, 4) is 0 Å². The third-order valence-electron chi connectivity index (χ3n) is 2.17. The topological polar surface area (TPSA) is 70.7 Å². The number of rotatable bonds is 8. The van der Waals surface area contributed by atoms with E-state index in [-0.39, 0.29) is 5.91 Å². The molecule has 6 nitrogen and oxygen atoms in total. The Morgan fingerprint density at radius 1 is 1.35 bits per heavy atom. The van der Waals surface area contributed by atoms with Crippen LogP contribution in [0.4, 0.5) is 0 Å². The zero-order valence-corrected chi connectivity index (χ0v) is 11.1. The lowest BCUT2D eigenvalue weighted by Crippen LogP contribution is -2.47. The maximum atomic E-state index is 11.3. The summed E-state index contributed by atoms with van der Waals surface area (Å²) in [6.45, 7) is 3.54. The molecule has 1 amide bonds. The molecule has 2 N–H and O–H groups in total. The molecule has 0 saturated heterocycles. The summed E-state index contributed by atoms with van der Waals surface area (Å²) in [6.07, 6.45) is 0.987. The van der Waals surface area contributed by atoms with Gasteiger partial charge in [-0.25, -0.2) is 4.79 Å². The van der Waals surface area contributed by atoms with Crippen molar-refractivity contribution < 1.29 is 14.3 Å². The summed E-state index contributed by atoms with van der Waals surface area (Å²) in [6, 6.07) is -0.614. The highest BCUT2D eigenvalue weighted by Gasteiger charge is 2.19. The Hall–Kier alpha value is -1.14. The zero-order chi connectivity index (χ0) is 13.3. The second kappa shape index (κ2) is 8.95. The standard InChI is InChI=1S/C11H23N3O3/c1-9(15)13-10(11(16)17-4)8-12-6-5-7-14(2)3/h10,12H,5-8H2,1-4H3,(H,13,15). The average molecular weight is 245 g/mol. The van der Waals surface area contributed by atoms with E-state index in [2.05, 4.69) is 20.3 Å². The number of ether oxygens (including phenoxy) is 1. The summed E-state index contributed by atoms with van der Waals surface area (Å²) in [5.74, 6) is -0.671. The van der Waals surface area contributed by atoms with Gasteiger partial charge in [-0.15, -0.1) is 0 Å².